The van der Waals surface area contributed by atoms with Crippen LogP contribution >= 0.6 is 0 Å². The third-order valence-electron chi connectivity index (χ3n) is 16.3. The second-order valence-electron chi connectivity index (χ2n) is 20.0. The first-order chi connectivity index (χ1) is 32.1. The summed E-state index contributed by atoms with van der Waals surface area (Å²) in [5, 5.41) is 22.6. The van der Waals surface area contributed by atoms with Gasteiger partial charge in [0.25, 0.3) is 0 Å². The van der Waals surface area contributed by atoms with E-state index in [1.54, 1.807) is 29.3 Å². The summed E-state index contributed by atoms with van der Waals surface area (Å²) in [7, 11) is 0. The number of anilines is 5. The Morgan fingerprint density at radius 2 is 1.58 bits per heavy atom. The van der Waals surface area contributed by atoms with E-state index in [-0.39, 0.29) is 35.6 Å². The normalized spacial score (nSPS) is 23.1. The molecule has 5 aromatic rings. The number of nitrogens with zero attached hydrogens (tertiary/aromatic N) is 9. The van der Waals surface area contributed by atoms with E-state index in [0.29, 0.717) is 47.4 Å². The number of halogens is 1. The molecule has 1 spiro atoms. The lowest BCUT2D eigenvalue weighted by Crippen LogP contribution is -2.54. The third kappa shape index (κ3) is 7.96. The highest BCUT2D eigenvalue weighted by Crippen LogP contribution is 2.49. The quantitative estimate of drug-likeness (QED) is 0.132. The number of piperazine rings is 1. The number of aryl methyl sites for hydroxylation is 1. The van der Waals surface area contributed by atoms with E-state index in [1.807, 2.05) is 24.3 Å². The summed E-state index contributed by atoms with van der Waals surface area (Å²) >= 11 is 0. The summed E-state index contributed by atoms with van der Waals surface area (Å²) < 4.78 is 18.1. The average Bonchev–Trinajstić information content (AvgIpc) is 3.83. The van der Waals surface area contributed by atoms with Crippen LogP contribution in [0.1, 0.15) is 89.2 Å². The van der Waals surface area contributed by atoms with Gasteiger partial charge in [-0.1, -0.05) is 19.1 Å². The summed E-state index contributed by atoms with van der Waals surface area (Å²) in [5.41, 5.74) is 13.7. The number of pyridine rings is 1. The molecule has 66 heavy (non-hydrogen) atoms. The summed E-state index contributed by atoms with van der Waals surface area (Å²) in [6, 6.07) is 17.5. The van der Waals surface area contributed by atoms with E-state index < -0.39 is 0 Å². The molecule has 3 aromatic heterocycles. The maximum Gasteiger partial charge on any atom is 0.328 e. The largest absolute Gasteiger partial charge is 0.507 e. The van der Waals surface area contributed by atoms with Crippen LogP contribution in [0.2, 0.25) is 0 Å². The first kappa shape index (κ1) is 42.7. The summed E-state index contributed by atoms with van der Waals surface area (Å²) in [5.74, 6) is 0.792. The van der Waals surface area contributed by atoms with Crippen LogP contribution in [0.25, 0.3) is 22.3 Å². The van der Waals surface area contributed by atoms with E-state index in [2.05, 4.69) is 64.9 Å². The molecule has 0 unspecified atom stereocenters. The fraction of sp³-hybridized carbons (Fsp3) is 0.510. The Labute approximate surface area is 385 Å². The maximum absolute atomic E-state index is 15.7. The number of phenols is 1. The zero-order valence-electron chi connectivity index (χ0n) is 38.0. The number of carbonyl (C=O) groups excluding carboxylic acids is 2. The number of amides is 3. The number of imide groups is 1. The number of aromatic nitrogens is 4. The first-order valence-electron chi connectivity index (χ1n) is 24.4. The number of rotatable bonds is 9. The van der Waals surface area contributed by atoms with Gasteiger partial charge in [-0.25, -0.2) is 14.2 Å². The predicted octanol–water partition coefficient (Wildman–Crippen LogP) is 7.90. The van der Waals surface area contributed by atoms with Gasteiger partial charge in [-0.05, 0) is 143 Å². The molecule has 5 saturated heterocycles. The van der Waals surface area contributed by atoms with E-state index in [1.165, 1.54) is 31.2 Å². The van der Waals surface area contributed by atoms with Crippen molar-refractivity contribution in [1.29, 1.82) is 0 Å². The number of phenolic OH excluding ortho intramolecular Hbond substituents is 1. The number of nitrogens with two attached hydrogens (primary N) is 1. The molecular formula is C51H62FN11O3. The highest BCUT2D eigenvalue weighted by atomic mass is 19.1. The van der Waals surface area contributed by atoms with E-state index in [9.17, 15) is 14.7 Å². The minimum Gasteiger partial charge on any atom is -0.507 e. The Bertz CT molecular complexity index is 2610. The summed E-state index contributed by atoms with van der Waals surface area (Å²) in [6.07, 6.45) is 16.8. The lowest BCUT2D eigenvalue weighted by atomic mass is 9.67. The molecule has 8 heterocycles. The second-order valence-corrected chi connectivity index (χ2v) is 20.0. The number of para-hydroxylation sites is 1. The Kier molecular flexibility index (Phi) is 11.2. The average molecular weight is 896 g/mol. The van der Waals surface area contributed by atoms with E-state index in [0.717, 1.165) is 125 Å². The van der Waals surface area contributed by atoms with Gasteiger partial charge in [0.05, 0.1) is 29.0 Å². The first-order valence-corrected chi connectivity index (χ1v) is 24.4. The number of fused-ring (bicyclic) bond motifs is 3. The third-order valence-corrected chi connectivity index (χ3v) is 16.3. The number of aromatic hydroxyl groups is 1. The number of carbonyl (C=O) groups is 2. The van der Waals surface area contributed by atoms with Crippen molar-refractivity contribution in [3.63, 3.8) is 0 Å². The number of benzene rings is 2. The minimum absolute atomic E-state index is 0.143. The number of nitrogen functional groups attached to an aromatic ring is 1. The van der Waals surface area contributed by atoms with Gasteiger partial charge in [0.2, 0.25) is 5.91 Å². The molecule has 1 aliphatic carbocycles. The molecule has 1 saturated carbocycles. The molecule has 14 nitrogen and oxygen atoms in total. The molecule has 15 heteroatoms. The molecule has 3 amide bonds. The standard InChI is InChI=1S/C51H62FN11O3/c1-2-34-30-62(49-41(34)25-39(28-54-49)61-22-15-47(65)55-50(61)66)35-11-16-51(17-12-35)18-23-58(24-19-51)29-33-13-20-59(21-14-33)44-26-36(9-10-42(44)52)63-37-7-8-38(63)32-60(31-37)45-27-43(56-57-48(45)53)40-5-3-4-6-46(40)64/h3-6,9-10,25-28,30,33,35,37-38,64H,2,7-8,11-24,29,31-32H2,1H3,(H2,53,57)(H,55,65,66)/t37-,38+. The lowest BCUT2D eigenvalue weighted by molar-refractivity contribution is -0.120. The van der Waals surface area contributed by atoms with Crippen LogP contribution in [0.15, 0.2) is 67.0 Å². The Hall–Kier alpha value is -5.96. The molecule has 0 radical (unpaired) electrons. The highest BCUT2D eigenvalue weighted by molar-refractivity contribution is 6.06. The fourth-order valence-corrected chi connectivity index (χ4v) is 12.5. The van der Waals surface area contributed by atoms with Gasteiger partial charge in [0.15, 0.2) is 5.82 Å². The van der Waals surface area contributed by atoms with Crippen LogP contribution < -0.4 is 30.7 Å². The van der Waals surface area contributed by atoms with Gasteiger partial charge < -0.3 is 35.0 Å². The number of likely N-dealkylation sites (tertiary alicyclic amines) is 1. The number of nitrogens with one attached hydrogen (secondary N) is 1. The van der Waals surface area contributed by atoms with Crippen molar-refractivity contribution >= 4 is 51.5 Å². The summed E-state index contributed by atoms with van der Waals surface area (Å²) in [4.78, 5) is 40.7. The number of urea groups is 1. The summed E-state index contributed by atoms with van der Waals surface area (Å²) in [6.45, 7) is 9.30. The van der Waals surface area contributed by atoms with Gasteiger partial charge in [-0.2, -0.15) is 0 Å². The molecule has 4 N–H and O–H groups in total. The van der Waals surface area contributed by atoms with E-state index in [4.69, 9.17) is 10.7 Å². The van der Waals surface area contributed by atoms with Crippen molar-refractivity contribution in [1.82, 2.24) is 30.0 Å². The molecule has 2 aromatic carbocycles. The zero-order chi connectivity index (χ0) is 45.1. The van der Waals surface area contributed by atoms with Gasteiger partial charge in [-0.15, -0.1) is 10.2 Å². The van der Waals surface area contributed by atoms with Gasteiger partial charge in [0.1, 0.15) is 17.2 Å². The predicted molar refractivity (Wildman–Crippen MR) is 257 cm³/mol. The molecular weight excluding hydrogens is 834 g/mol. The zero-order valence-corrected chi connectivity index (χ0v) is 38.0. The fourth-order valence-electron chi connectivity index (χ4n) is 12.5. The molecule has 346 valence electrons. The maximum atomic E-state index is 15.7. The Morgan fingerprint density at radius 1 is 0.818 bits per heavy atom. The molecule has 2 atom stereocenters. The van der Waals surface area contributed by atoms with Crippen LogP contribution in [-0.2, 0) is 11.2 Å². The smallest absolute Gasteiger partial charge is 0.328 e. The van der Waals surface area contributed by atoms with Crippen LogP contribution in [0.3, 0.4) is 0 Å². The molecule has 2 bridgehead atoms. The monoisotopic (exact) mass is 896 g/mol. The molecule has 6 aliphatic rings. The van der Waals surface area contributed by atoms with Crippen molar-refractivity contribution in [2.24, 2.45) is 11.3 Å². The molecule has 11 rings (SSSR count). The van der Waals surface area contributed by atoms with Crippen molar-refractivity contribution in [2.75, 3.05) is 77.7 Å². The number of hydrogen-bond donors (Lipinski definition) is 3. The minimum atomic E-state index is -0.377. The van der Waals surface area contributed by atoms with Crippen molar-refractivity contribution in [3.8, 4) is 17.0 Å². The van der Waals surface area contributed by atoms with Crippen molar-refractivity contribution in [3.05, 3.63) is 78.4 Å². The molecule has 6 fully saturated rings. The topological polar surface area (TPSA) is 152 Å². The Morgan fingerprint density at radius 3 is 2.30 bits per heavy atom. The van der Waals surface area contributed by atoms with Crippen molar-refractivity contribution in [2.45, 2.75) is 102 Å². The Balaban J connectivity index is 0.671. The number of hydrogen-bond acceptors (Lipinski definition) is 11. The van der Waals surface area contributed by atoms with Gasteiger partial charge in [0, 0.05) is 86.6 Å². The van der Waals surface area contributed by atoms with Gasteiger partial charge in [-0.3, -0.25) is 15.0 Å². The van der Waals surface area contributed by atoms with Crippen LogP contribution in [0, 0.1) is 17.2 Å². The number of piperidine rings is 2. The van der Waals surface area contributed by atoms with Gasteiger partial charge >= 0.3 is 6.03 Å². The highest BCUT2D eigenvalue weighted by Gasteiger charge is 2.42. The molecule has 5 aliphatic heterocycles. The van der Waals surface area contributed by atoms with Crippen LogP contribution in [-0.4, -0.2) is 106 Å². The lowest BCUT2D eigenvalue weighted by Gasteiger charge is -2.47. The SMILES string of the molecule is CCc1cn(C2CCC3(CC2)CCN(CC2CCN(c4cc(N5[C@@H]6CC[C@H]5CN(c5cc(-c7ccccc7O)nnc5N)C6)ccc4F)CC2)CC3)c2ncc(N3CCC(=O)NC3=O)cc12. The second kappa shape index (κ2) is 17.4. The van der Waals surface area contributed by atoms with E-state index >= 15 is 4.39 Å². The van der Waals surface area contributed by atoms with Crippen LogP contribution in [0.5, 0.6) is 5.75 Å². The van der Waals surface area contributed by atoms with Crippen molar-refractivity contribution < 1.29 is 19.1 Å². The van der Waals surface area contributed by atoms with Crippen LogP contribution in [0.4, 0.5) is 37.8 Å².